The normalized spacial score (nSPS) is 20.2. The number of hydrogen-bond acceptors (Lipinski definition) is 4. The highest BCUT2D eigenvalue weighted by molar-refractivity contribution is 5.90. The minimum Gasteiger partial charge on any atom is -0.337 e. The van der Waals surface area contributed by atoms with Crippen molar-refractivity contribution in [3.63, 3.8) is 0 Å². The fourth-order valence-corrected chi connectivity index (χ4v) is 3.62. The highest BCUT2D eigenvalue weighted by Crippen LogP contribution is 2.24. The third kappa shape index (κ3) is 4.54. The maximum absolute atomic E-state index is 12.4. The van der Waals surface area contributed by atoms with E-state index < -0.39 is 0 Å². The van der Waals surface area contributed by atoms with Gasteiger partial charge in [-0.25, -0.2) is 0 Å². The van der Waals surface area contributed by atoms with Crippen LogP contribution < -0.4 is 5.32 Å². The molecule has 3 rings (SSSR count). The first-order valence-electron chi connectivity index (χ1n) is 8.94. The monoisotopic (exact) mass is 330 g/mol. The van der Waals surface area contributed by atoms with E-state index in [1.165, 1.54) is 19.3 Å². The molecule has 0 bridgehead atoms. The topological polar surface area (TPSA) is 65.5 Å². The largest absolute Gasteiger partial charge is 0.337 e. The highest BCUT2D eigenvalue weighted by Gasteiger charge is 2.30. The van der Waals surface area contributed by atoms with Crippen LogP contribution in [0.25, 0.3) is 0 Å². The summed E-state index contributed by atoms with van der Waals surface area (Å²) in [5.74, 6) is 0.186. The van der Waals surface area contributed by atoms with Crippen LogP contribution in [-0.4, -0.2) is 58.8 Å². The predicted octanol–water partition coefficient (Wildman–Crippen LogP) is 1.89. The lowest BCUT2D eigenvalue weighted by Crippen LogP contribution is -2.54. The molecule has 1 saturated carbocycles. The van der Waals surface area contributed by atoms with Crippen LogP contribution in [0.5, 0.6) is 0 Å². The fourth-order valence-electron chi connectivity index (χ4n) is 3.62. The first kappa shape index (κ1) is 16.9. The van der Waals surface area contributed by atoms with Crippen LogP contribution in [0.3, 0.4) is 0 Å². The van der Waals surface area contributed by atoms with Gasteiger partial charge in [0, 0.05) is 38.3 Å². The molecule has 6 nitrogen and oxygen atoms in total. The van der Waals surface area contributed by atoms with Gasteiger partial charge in [0.1, 0.15) is 0 Å². The minimum absolute atomic E-state index is 0.0369. The van der Waals surface area contributed by atoms with Gasteiger partial charge >= 0.3 is 0 Å². The number of anilines is 1. The Labute approximate surface area is 143 Å². The van der Waals surface area contributed by atoms with Gasteiger partial charge in [0.05, 0.1) is 18.4 Å². The van der Waals surface area contributed by atoms with Crippen LogP contribution in [-0.2, 0) is 9.59 Å². The summed E-state index contributed by atoms with van der Waals surface area (Å²) < 4.78 is 0. The Hall–Kier alpha value is -1.95. The third-order valence-electron chi connectivity index (χ3n) is 4.95. The molecular weight excluding hydrogens is 304 g/mol. The number of hydrogen-bond donors (Lipinski definition) is 1. The quantitative estimate of drug-likeness (QED) is 0.895. The molecule has 0 atom stereocenters. The van der Waals surface area contributed by atoms with E-state index in [0.717, 1.165) is 25.9 Å². The molecule has 1 aromatic rings. The van der Waals surface area contributed by atoms with E-state index in [0.29, 0.717) is 31.2 Å². The van der Waals surface area contributed by atoms with Gasteiger partial charge in [-0.2, -0.15) is 0 Å². The average molecular weight is 330 g/mol. The Morgan fingerprint density at radius 3 is 2.79 bits per heavy atom. The van der Waals surface area contributed by atoms with Crippen molar-refractivity contribution in [1.82, 2.24) is 14.8 Å². The van der Waals surface area contributed by atoms with E-state index in [-0.39, 0.29) is 11.8 Å². The zero-order valence-corrected chi connectivity index (χ0v) is 14.1. The van der Waals surface area contributed by atoms with Gasteiger partial charge in [-0.3, -0.25) is 19.5 Å². The van der Waals surface area contributed by atoms with Crippen LogP contribution in [0.4, 0.5) is 5.69 Å². The summed E-state index contributed by atoms with van der Waals surface area (Å²) in [6.45, 7) is 2.73. The average Bonchev–Trinajstić information content (AvgIpc) is 2.62. The van der Waals surface area contributed by atoms with Crippen LogP contribution >= 0.6 is 0 Å². The summed E-state index contributed by atoms with van der Waals surface area (Å²) in [7, 11) is 0. The van der Waals surface area contributed by atoms with Crippen molar-refractivity contribution in [2.24, 2.45) is 0 Å². The molecule has 2 aliphatic rings. The Kier molecular flexibility index (Phi) is 5.80. The van der Waals surface area contributed by atoms with Crippen molar-refractivity contribution in [2.75, 3.05) is 31.5 Å². The number of carbonyl (C=O) groups is 2. The summed E-state index contributed by atoms with van der Waals surface area (Å²) in [5.41, 5.74) is 0.709. The third-order valence-corrected chi connectivity index (χ3v) is 4.95. The van der Waals surface area contributed by atoms with Crippen molar-refractivity contribution < 1.29 is 9.59 Å². The fraction of sp³-hybridized carbons (Fsp3) is 0.611. The van der Waals surface area contributed by atoms with Crippen molar-refractivity contribution >= 4 is 17.5 Å². The number of piperazine rings is 1. The van der Waals surface area contributed by atoms with E-state index >= 15 is 0 Å². The smallest absolute Gasteiger partial charge is 0.237 e. The van der Waals surface area contributed by atoms with Crippen molar-refractivity contribution in [3.05, 3.63) is 24.5 Å². The Morgan fingerprint density at radius 2 is 2.08 bits per heavy atom. The highest BCUT2D eigenvalue weighted by atomic mass is 16.2. The zero-order chi connectivity index (χ0) is 16.8. The molecule has 24 heavy (non-hydrogen) atoms. The number of carbonyl (C=O) groups excluding carboxylic acids is 2. The number of amides is 2. The Balaban J connectivity index is 1.41. The molecule has 1 N–H and O–H groups in total. The number of nitrogens with one attached hydrogen (secondary N) is 1. The van der Waals surface area contributed by atoms with Gasteiger partial charge in [-0.05, 0) is 25.0 Å². The van der Waals surface area contributed by atoms with Crippen LogP contribution in [0.15, 0.2) is 24.5 Å². The second kappa shape index (κ2) is 8.24. The van der Waals surface area contributed by atoms with Gasteiger partial charge < -0.3 is 10.2 Å². The number of nitrogens with zero attached hydrogens (tertiary/aromatic N) is 3. The molecule has 1 aliphatic carbocycles. The predicted molar refractivity (Wildman–Crippen MR) is 92.5 cm³/mol. The Bertz CT molecular complexity index is 557. The first-order valence-corrected chi connectivity index (χ1v) is 8.94. The van der Waals surface area contributed by atoms with Gasteiger partial charge in [-0.1, -0.05) is 19.3 Å². The second-order valence-corrected chi connectivity index (χ2v) is 6.69. The van der Waals surface area contributed by atoms with Crippen molar-refractivity contribution in [1.29, 1.82) is 0 Å². The van der Waals surface area contributed by atoms with Crippen LogP contribution in [0, 0.1) is 0 Å². The molecule has 2 fully saturated rings. The SMILES string of the molecule is O=C(CCN1CCN(C2CCCCC2)C(=O)C1)Nc1cccnc1. The number of pyridine rings is 1. The molecule has 130 valence electrons. The summed E-state index contributed by atoms with van der Waals surface area (Å²) in [4.78, 5) is 32.5. The maximum Gasteiger partial charge on any atom is 0.237 e. The first-order chi connectivity index (χ1) is 11.7. The molecule has 2 amide bonds. The number of aromatic nitrogens is 1. The van der Waals surface area contributed by atoms with E-state index in [1.807, 2.05) is 6.07 Å². The lowest BCUT2D eigenvalue weighted by atomic mass is 9.93. The van der Waals surface area contributed by atoms with Gasteiger partial charge in [0.15, 0.2) is 0 Å². The van der Waals surface area contributed by atoms with E-state index in [1.54, 1.807) is 18.5 Å². The second-order valence-electron chi connectivity index (χ2n) is 6.69. The van der Waals surface area contributed by atoms with Crippen LogP contribution in [0.1, 0.15) is 38.5 Å². The Morgan fingerprint density at radius 1 is 1.25 bits per heavy atom. The molecule has 0 radical (unpaired) electrons. The summed E-state index contributed by atoms with van der Waals surface area (Å²) in [5, 5.41) is 2.83. The molecule has 6 heteroatoms. The van der Waals surface area contributed by atoms with Crippen molar-refractivity contribution in [2.45, 2.75) is 44.6 Å². The minimum atomic E-state index is -0.0369. The van der Waals surface area contributed by atoms with Crippen molar-refractivity contribution in [3.8, 4) is 0 Å². The molecule has 2 heterocycles. The summed E-state index contributed by atoms with van der Waals surface area (Å²) in [6.07, 6.45) is 9.79. The zero-order valence-electron chi connectivity index (χ0n) is 14.1. The molecule has 0 spiro atoms. The molecule has 1 saturated heterocycles. The van der Waals surface area contributed by atoms with Gasteiger partial charge in [0.2, 0.25) is 11.8 Å². The summed E-state index contributed by atoms with van der Waals surface area (Å²) >= 11 is 0. The van der Waals surface area contributed by atoms with E-state index in [2.05, 4.69) is 20.1 Å². The lowest BCUT2D eigenvalue weighted by Gasteiger charge is -2.40. The van der Waals surface area contributed by atoms with Gasteiger partial charge in [0.25, 0.3) is 0 Å². The molecule has 1 aliphatic heterocycles. The summed E-state index contributed by atoms with van der Waals surface area (Å²) in [6, 6.07) is 4.05. The van der Waals surface area contributed by atoms with Crippen LogP contribution in [0.2, 0.25) is 0 Å². The molecule has 0 unspecified atom stereocenters. The molecule has 0 aromatic carbocycles. The number of rotatable bonds is 5. The lowest BCUT2D eigenvalue weighted by molar-refractivity contribution is -0.139. The van der Waals surface area contributed by atoms with E-state index in [4.69, 9.17) is 0 Å². The van der Waals surface area contributed by atoms with E-state index in [9.17, 15) is 9.59 Å². The molecule has 1 aromatic heterocycles. The van der Waals surface area contributed by atoms with Gasteiger partial charge in [-0.15, -0.1) is 0 Å². The standard InChI is InChI=1S/C18H26N4O2/c23-17(20-15-5-4-9-19-13-15)8-10-21-11-12-22(18(24)14-21)16-6-2-1-3-7-16/h4-5,9,13,16H,1-3,6-8,10-12,14H2,(H,20,23). The maximum atomic E-state index is 12.4. The molecular formula is C18H26N4O2.